The van der Waals surface area contributed by atoms with Crippen molar-refractivity contribution in [1.82, 2.24) is 4.90 Å². The van der Waals surface area contributed by atoms with Crippen LogP contribution in [0.15, 0.2) is 6.07 Å². The third-order valence-corrected chi connectivity index (χ3v) is 4.52. The fraction of sp³-hybridized carbons (Fsp3) is 0.500. The lowest BCUT2D eigenvalue weighted by molar-refractivity contribution is 0.0727. The van der Waals surface area contributed by atoms with Gasteiger partial charge in [-0.25, -0.2) is 0 Å². The highest BCUT2D eigenvalue weighted by atomic mass is 35.5. The van der Waals surface area contributed by atoms with E-state index < -0.39 is 0 Å². The monoisotopic (exact) mass is 297 g/mol. The Kier molecular flexibility index (Phi) is 4.01. The largest absolute Gasteiger partial charge is 0.338 e. The molecular formula is C10H10Cl3NOS. The van der Waals surface area contributed by atoms with Gasteiger partial charge in [0.15, 0.2) is 0 Å². The molecule has 16 heavy (non-hydrogen) atoms. The van der Waals surface area contributed by atoms with E-state index in [0.29, 0.717) is 27.3 Å². The van der Waals surface area contributed by atoms with E-state index in [1.54, 1.807) is 11.0 Å². The van der Waals surface area contributed by atoms with Gasteiger partial charge in [-0.3, -0.25) is 4.79 Å². The average Bonchev–Trinajstić information content (AvgIpc) is 2.58. The summed E-state index contributed by atoms with van der Waals surface area (Å²) in [7, 11) is 0. The molecule has 2 nitrogen and oxygen atoms in total. The summed E-state index contributed by atoms with van der Waals surface area (Å²) in [4.78, 5) is 13.9. The first-order valence-electron chi connectivity index (χ1n) is 4.96. The predicted octanol–water partition coefficient (Wildman–Crippen LogP) is 3.90. The van der Waals surface area contributed by atoms with Crippen molar-refractivity contribution < 1.29 is 4.79 Å². The second kappa shape index (κ2) is 5.13. The Morgan fingerprint density at radius 3 is 2.50 bits per heavy atom. The number of carbonyl (C=O) groups excluding carboxylic acids is 1. The van der Waals surface area contributed by atoms with Gasteiger partial charge >= 0.3 is 0 Å². The molecule has 2 heterocycles. The maximum absolute atomic E-state index is 12.1. The van der Waals surface area contributed by atoms with Crippen molar-refractivity contribution in [3.05, 3.63) is 20.3 Å². The maximum atomic E-state index is 12.1. The number of likely N-dealkylation sites (tertiary alicyclic amines) is 1. The molecule has 88 valence electrons. The first kappa shape index (κ1) is 12.5. The number of amides is 1. The van der Waals surface area contributed by atoms with Crippen LogP contribution in [0, 0.1) is 0 Å². The predicted molar refractivity (Wildman–Crippen MR) is 69.1 cm³/mol. The second-order valence-corrected chi connectivity index (χ2v) is 6.61. The molecule has 1 aromatic heterocycles. The number of nitrogens with zero attached hydrogens (tertiary/aromatic N) is 1. The lowest BCUT2D eigenvalue weighted by Crippen LogP contribution is -2.38. The second-order valence-electron chi connectivity index (χ2n) is 3.70. The van der Waals surface area contributed by atoms with Gasteiger partial charge in [0.05, 0.1) is 9.90 Å². The van der Waals surface area contributed by atoms with Crippen LogP contribution in [0.2, 0.25) is 8.67 Å². The van der Waals surface area contributed by atoms with E-state index in [1.165, 1.54) is 11.3 Å². The molecule has 1 aliphatic heterocycles. The van der Waals surface area contributed by atoms with Crippen LogP contribution in [-0.2, 0) is 0 Å². The van der Waals surface area contributed by atoms with Gasteiger partial charge in [0.2, 0.25) is 0 Å². The minimum Gasteiger partial charge on any atom is -0.338 e. The van der Waals surface area contributed by atoms with Gasteiger partial charge in [0.1, 0.15) is 4.34 Å². The topological polar surface area (TPSA) is 20.3 Å². The Morgan fingerprint density at radius 1 is 1.38 bits per heavy atom. The zero-order valence-corrected chi connectivity index (χ0v) is 11.5. The molecule has 1 fully saturated rings. The molecule has 0 atom stereocenters. The van der Waals surface area contributed by atoms with Crippen LogP contribution in [0.4, 0.5) is 0 Å². The van der Waals surface area contributed by atoms with Crippen molar-refractivity contribution in [3.63, 3.8) is 0 Å². The molecule has 1 amide bonds. The van der Waals surface area contributed by atoms with Crippen LogP contribution in [0.3, 0.4) is 0 Å². The summed E-state index contributed by atoms with van der Waals surface area (Å²) in [5.74, 6) is -0.0447. The lowest BCUT2D eigenvalue weighted by atomic mass is 10.1. The van der Waals surface area contributed by atoms with Crippen molar-refractivity contribution >= 4 is 52.0 Å². The van der Waals surface area contributed by atoms with E-state index >= 15 is 0 Å². The van der Waals surface area contributed by atoms with Gasteiger partial charge in [-0.05, 0) is 18.9 Å². The fourth-order valence-electron chi connectivity index (χ4n) is 1.71. The molecule has 2 rings (SSSR count). The SMILES string of the molecule is O=C(c1cc(Cl)sc1Cl)N1CCC(Cl)CC1. The average molecular weight is 299 g/mol. The Labute approximate surface area is 113 Å². The number of halogens is 3. The van der Waals surface area contributed by atoms with Crippen LogP contribution in [0.1, 0.15) is 23.2 Å². The standard InChI is InChI=1S/C10H10Cl3NOS/c11-6-1-3-14(4-2-6)10(15)7-5-8(12)16-9(7)13/h5-6H,1-4H2. The normalized spacial score (nSPS) is 17.8. The zero-order valence-electron chi connectivity index (χ0n) is 8.38. The summed E-state index contributed by atoms with van der Waals surface area (Å²) in [6.45, 7) is 1.38. The number of hydrogen-bond donors (Lipinski definition) is 0. The minimum absolute atomic E-state index is 0.0447. The molecule has 0 spiro atoms. The fourth-order valence-corrected chi connectivity index (χ4v) is 3.35. The number of alkyl halides is 1. The molecular weight excluding hydrogens is 289 g/mol. The highest BCUT2D eigenvalue weighted by Crippen LogP contribution is 2.32. The van der Waals surface area contributed by atoms with E-state index in [9.17, 15) is 4.79 Å². The molecule has 0 bridgehead atoms. The van der Waals surface area contributed by atoms with Crippen molar-refractivity contribution in [1.29, 1.82) is 0 Å². The molecule has 1 saturated heterocycles. The first-order valence-corrected chi connectivity index (χ1v) is 6.97. The molecule has 1 aromatic rings. The van der Waals surface area contributed by atoms with Gasteiger partial charge in [0.25, 0.3) is 5.91 Å². The van der Waals surface area contributed by atoms with E-state index in [-0.39, 0.29) is 11.3 Å². The van der Waals surface area contributed by atoms with Gasteiger partial charge in [-0.2, -0.15) is 0 Å². The van der Waals surface area contributed by atoms with Crippen molar-refractivity contribution in [2.45, 2.75) is 18.2 Å². The van der Waals surface area contributed by atoms with Gasteiger partial charge in [-0.15, -0.1) is 22.9 Å². The zero-order chi connectivity index (χ0) is 11.7. The number of carbonyl (C=O) groups is 1. The van der Waals surface area contributed by atoms with Crippen LogP contribution < -0.4 is 0 Å². The van der Waals surface area contributed by atoms with Crippen molar-refractivity contribution in [3.8, 4) is 0 Å². The minimum atomic E-state index is -0.0447. The van der Waals surface area contributed by atoms with E-state index in [4.69, 9.17) is 34.8 Å². The molecule has 0 saturated carbocycles. The van der Waals surface area contributed by atoms with Crippen molar-refractivity contribution in [2.24, 2.45) is 0 Å². The highest BCUT2D eigenvalue weighted by Gasteiger charge is 2.24. The van der Waals surface area contributed by atoms with Crippen LogP contribution in [0.25, 0.3) is 0 Å². The van der Waals surface area contributed by atoms with Gasteiger partial charge in [0, 0.05) is 18.5 Å². The van der Waals surface area contributed by atoms with Crippen LogP contribution >= 0.6 is 46.1 Å². The molecule has 0 N–H and O–H groups in total. The van der Waals surface area contributed by atoms with E-state index in [2.05, 4.69) is 0 Å². The number of thiophene rings is 1. The summed E-state index contributed by atoms with van der Waals surface area (Å²) in [5, 5.41) is 0.186. The summed E-state index contributed by atoms with van der Waals surface area (Å²) < 4.78 is 1.00. The molecule has 0 aromatic carbocycles. The molecule has 0 unspecified atom stereocenters. The number of hydrogen-bond acceptors (Lipinski definition) is 2. The maximum Gasteiger partial charge on any atom is 0.256 e. The Hall–Kier alpha value is 0.0400. The molecule has 0 aliphatic carbocycles. The van der Waals surface area contributed by atoms with Crippen LogP contribution in [0.5, 0.6) is 0 Å². The van der Waals surface area contributed by atoms with Crippen molar-refractivity contribution in [2.75, 3.05) is 13.1 Å². The lowest BCUT2D eigenvalue weighted by Gasteiger charge is -2.29. The third kappa shape index (κ3) is 2.65. The molecule has 1 aliphatic rings. The van der Waals surface area contributed by atoms with Gasteiger partial charge < -0.3 is 4.90 Å². The first-order chi connectivity index (χ1) is 7.58. The molecule has 6 heteroatoms. The quantitative estimate of drug-likeness (QED) is 0.720. The van der Waals surface area contributed by atoms with Crippen LogP contribution in [-0.4, -0.2) is 29.3 Å². The van der Waals surface area contributed by atoms with E-state index in [1.807, 2.05) is 0 Å². The van der Waals surface area contributed by atoms with E-state index in [0.717, 1.165) is 12.8 Å². The summed E-state index contributed by atoms with van der Waals surface area (Å²) in [6.07, 6.45) is 1.67. The summed E-state index contributed by atoms with van der Waals surface area (Å²) in [6, 6.07) is 1.63. The smallest absolute Gasteiger partial charge is 0.256 e. The third-order valence-electron chi connectivity index (χ3n) is 2.60. The Morgan fingerprint density at radius 2 is 2.00 bits per heavy atom. The number of piperidine rings is 1. The summed E-state index contributed by atoms with van der Waals surface area (Å²) >= 11 is 19.0. The summed E-state index contributed by atoms with van der Waals surface area (Å²) in [5.41, 5.74) is 0.504. The Balaban J connectivity index is 2.10. The number of rotatable bonds is 1. The van der Waals surface area contributed by atoms with Gasteiger partial charge in [-0.1, -0.05) is 23.2 Å². The molecule has 0 radical (unpaired) electrons. The Bertz CT molecular complexity index is 399. The highest BCUT2D eigenvalue weighted by molar-refractivity contribution is 7.20.